The number of nitrogens with one attached hydrogen (secondary N) is 1. The molecule has 0 spiro atoms. The quantitative estimate of drug-likeness (QED) is 0.799. The van der Waals surface area contributed by atoms with Crippen LogP contribution in [-0.4, -0.2) is 42.1 Å². The average molecular weight is 355 g/mol. The van der Waals surface area contributed by atoms with Gasteiger partial charge in [0, 0.05) is 31.6 Å². The van der Waals surface area contributed by atoms with Crippen LogP contribution < -0.4 is 16.0 Å². The number of benzene rings is 1. The van der Waals surface area contributed by atoms with E-state index in [4.69, 9.17) is 29.6 Å². The van der Waals surface area contributed by atoms with Crippen molar-refractivity contribution < 1.29 is 4.79 Å². The Kier molecular flexibility index (Phi) is 5.37. The summed E-state index contributed by atoms with van der Waals surface area (Å²) in [5.74, 6) is 0.179. The highest BCUT2D eigenvalue weighted by atomic mass is 35.5. The van der Waals surface area contributed by atoms with Crippen LogP contribution in [0.3, 0.4) is 0 Å². The molecule has 3 N–H and O–H groups in total. The van der Waals surface area contributed by atoms with E-state index in [0.29, 0.717) is 18.1 Å². The molecule has 126 valence electrons. The van der Waals surface area contributed by atoms with Gasteiger partial charge in [-0.15, -0.1) is 0 Å². The molecule has 0 saturated carbocycles. The molecule has 2 rings (SSSR count). The summed E-state index contributed by atoms with van der Waals surface area (Å²) in [6, 6.07) is 5.59. The number of halogens is 1. The lowest BCUT2D eigenvalue weighted by molar-refractivity contribution is -0.139. The SMILES string of the molecule is CC(C)(C)C(=O)N1CCN(c2c(Cl)cccc2NC(N)=S)CC1. The molecule has 0 atom stereocenters. The Morgan fingerprint density at radius 2 is 1.87 bits per heavy atom. The molecule has 7 heteroatoms. The predicted octanol–water partition coefficient (Wildman–Crippen LogP) is 2.69. The third kappa shape index (κ3) is 4.26. The summed E-state index contributed by atoms with van der Waals surface area (Å²) >= 11 is 11.3. The molecule has 1 fully saturated rings. The molecule has 1 aromatic carbocycles. The number of carbonyl (C=O) groups excluding carboxylic acids is 1. The second-order valence-corrected chi connectivity index (χ2v) is 7.50. The van der Waals surface area contributed by atoms with Crippen molar-refractivity contribution in [2.45, 2.75) is 20.8 Å². The normalized spacial score (nSPS) is 15.5. The van der Waals surface area contributed by atoms with E-state index in [2.05, 4.69) is 10.2 Å². The number of hydrogen-bond donors (Lipinski definition) is 2. The Labute approximate surface area is 147 Å². The Morgan fingerprint density at radius 3 is 2.39 bits per heavy atom. The molecule has 1 heterocycles. The maximum atomic E-state index is 12.4. The minimum Gasteiger partial charge on any atom is -0.376 e. The zero-order valence-corrected chi connectivity index (χ0v) is 15.3. The molecule has 0 radical (unpaired) electrons. The predicted molar refractivity (Wildman–Crippen MR) is 100 cm³/mol. The number of amides is 1. The number of nitrogens with two attached hydrogens (primary N) is 1. The van der Waals surface area contributed by atoms with Crippen LogP contribution in [0.4, 0.5) is 11.4 Å². The van der Waals surface area contributed by atoms with E-state index in [1.54, 1.807) is 0 Å². The van der Waals surface area contributed by atoms with E-state index in [0.717, 1.165) is 24.5 Å². The van der Waals surface area contributed by atoms with E-state index in [9.17, 15) is 4.79 Å². The number of anilines is 2. The van der Waals surface area contributed by atoms with Gasteiger partial charge in [-0.1, -0.05) is 38.4 Å². The number of thiocarbonyl (C=S) groups is 1. The maximum Gasteiger partial charge on any atom is 0.228 e. The largest absolute Gasteiger partial charge is 0.376 e. The number of nitrogens with zero attached hydrogens (tertiary/aromatic N) is 2. The third-order valence-electron chi connectivity index (χ3n) is 3.77. The van der Waals surface area contributed by atoms with Gasteiger partial charge >= 0.3 is 0 Å². The van der Waals surface area contributed by atoms with E-state index in [1.807, 2.05) is 43.9 Å². The number of rotatable bonds is 2. The van der Waals surface area contributed by atoms with Crippen molar-refractivity contribution in [3.05, 3.63) is 23.2 Å². The third-order valence-corrected chi connectivity index (χ3v) is 4.18. The lowest BCUT2D eigenvalue weighted by Gasteiger charge is -2.39. The molecule has 0 aromatic heterocycles. The van der Waals surface area contributed by atoms with E-state index in [1.165, 1.54) is 0 Å². The van der Waals surface area contributed by atoms with Crippen LogP contribution >= 0.6 is 23.8 Å². The average Bonchev–Trinajstić information content (AvgIpc) is 2.45. The fourth-order valence-corrected chi connectivity index (χ4v) is 3.08. The van der Waals surface area contributed by atoms with Crippen molar-refractivity contribution in [3.63, 3.8) is 0 Å². The molecule has 1 aromatic rings. The van der Waals surface area contributed by atoms with Crippen molar-refractivity contribution in [1.29, 1.82) is 0 Å². The molecule has 0 aliphatic carbocycles. The first-order chi connectivity index (χ1) is 10.7. The standard InChI is InChI=1S/C16H23ClN4OS/c1-16(2,3)14(22)21-9-7-20(8-10-21)13-11(17)5-4-6-12(13)19-15(18)23/h4-6H,7-10H2,1-3H3,(H3,18,19,23). The molecule has 0 bridgehead atoms. The lowest BCUT2D eigenvalue weighted by Crippen LogP contribution is -2.51. The molecule has 5 nitrogen and oxygen atoms in total. The van der Waals surface area contributed by atoms with Gasteiger partial charge in [-0.2, -0.15) is 0 Å². The Morgan fingerprint density at radius 1 is 1.26 bits per heavy atom. The summed E-state index contributed by atoms with van der Waals surface area (Å²) in [5.41, 5.74) is 6.90. The molecule has 1 saturated heterocycles. The van der Waals surface area contributed by atoms with Gasteiger partial charge in [0.05, 0.1) is 16.4 Å². The number of piperazine rings is 1. The van der Waals surface area contributed by atoms with Crippen LogP contribution in [0.2, 0.25) is 5.02 Å². The van der Waals surface area contributed by atoms with E-state index in [-0.39, 0.29) is 16.4 Å². The fourth-order valence-electron chi connectivity index (χ4n) is 2.68. The zero-order chi connectivity index (χ0) is 17.2. The van der Waals surface area contributed by atoms with Gasteiger partial charge in [0.15, 0.2) is 5.11 Å². The van der Waals surface area contributed by atoms with Gasteiger partial charge in [-0.25, -0.2) is 0 Å². The number of hydrogen-bond acceptors (Lipinski definition) is 3. The summed E-state index contributed by atoms with van der Waals surface area (Å²) in [4.78, 5) is 16.5. The van der Waals surface area contributed by atoms with Gasteiger partial charge in [0.2, 0.25) is 5.91 Å². The fraction of sp³-hybridized carbons (Fsp3) is 0.500. The van der Waals surface area contributed by atoms with Gasteiger partial charge in [0.25, 0.3) is 0 Å². The van der Waals surface area contributed by atoms with Gasteiger partial charge in [-0.3, -0.25) is 4.79 Å². The molecule has 1 aliphatic rings. The second-order valence-electron chi connectivity index (χ2n) is 6.65. The summed E-state index contributed by atoms with van der Waals surface area (Å²) in [5, 5.41) is 3.82. The highest BCUT2D eigenvalue weighted by molar-refractivity contribution is 7.80. The van der Waals surface area contributed by atoms with E-state index < -0.39 is 0 Å². The Bertz CT molecular complexity index is 607. The summed E-state index contributed by atoms with van der Waals surface area (Å²) < 4.78 is 0. The lowest BCUT2D eigenvalue weighted by atomic mass is 9.94. The first-order valence-corrected chi connectivity index (χ1v) is 8.38. The van der Waals surface area contributed by atoms with Crippen molar-refractivity contribution >= 4 is 46.2 Å². The molecular formula is C16H23ClN4OS. The summed E-state index contributed by atoms with van der Waals surface area (Å²) in [6.07, 6.45) is 0. The van der Waals surface area contributed by atoms with Crippen LogP contribution in [0.5, 0.6) is 0 Å². The van der Waals surface area contributed by atoms with Crippen LogP contribution in [0.1, 0.15) is 20.8 Å². The molecule has 1 aliphatic heterocycles. The van der Waals surface area contributed by atoms with Crippen LogP contribution in [0, 0.1) is 5.41 Å². The summed E-state index contributed by atoms with van der Waals surface area (Å²) in [6.45, 7) is 8.62. The molecule has 1 amide bonds. The van der Waals surface area contributed by atoms with Crippen molar-refractivity contribution in [2.75, 3.05) is 36.4 Å². The van der Waals surface area contributed by atoms with Crippen molar-refractivity contribution in [1.82, 2.24) is 4.90 Å². The highest BCUT2D eigenvalue weighted by Gasteiger charge is 2.30. The summed E-state index contributed by atoms with van der Waals surface area (Å²) in [7, 11) is 0. The minimum absolute atomic E-state index is 0.179. The Hall–Kier alpha value is -1.53. The topological polar surface area (TPSA) is 61.6 Å². The minimum atomic E-state index is -0.356. The van der Waals surface area contributed by atoms with Crippen LogP contribution in [-0.2, 0) is 4.79 Å². The van der Waals surface area contributed by atoms with Crippen LogP contribution in [0.25, 0.3) is 0 Å². The molecule has 23 heavy (non-hydrogen) atoms. The van der Waals surface area contributed by atoms with Gasteiger partial charge < -0.3 is 20.9 Å². The monoisotopic (exact) mass is 354 g/mol. The van der Waals surface area contributed by atoms with Gasteiger partial charge in [-0.05, 0) is 24.4 Å². The number of para-hydroxylation sites is 1. The number of carbonyl (C=O) groups is 1. The first-order valence-electron chi connectivity index (χ1n) is 7.59. The van der Waals surface area contributed by atoms with Crippen LogP contribution in [0.15, 0.2) is 18.2 Å². The van der Waals surface area contributed by atoms with Crippen molar-refractivity contribution in [3.8, 4) is 0 Å². The Balaban J connectivity index is 2.14. The molecular weight excluding hydrogens is 332 g/mol. The van der Waals surface area contributed by atoms with Crippen molar-refractivity contribution in [2.24, 2.45) is 11.1 Å². The van der Waals surface area contributed by atoms with E-state index >= 15 is 0 Å². The second kappa shape index (κ2) is 6.93. The maximum absolute atomic E-state index is 12.4. The zero-order valence-electron chi connectivity index (χ0n) is 13.7. The smallest absolute Gasteiger partial charge is 0.228 e. The van der Waals surface area contributed by atoms with Gasteiger partial charge in [0.1, 0.15) is 0 Å². The highest BCUT2D eigenvalue weighted by Crippen LogP contribution is 2.34. The first kappa shape index (κ1) is 17.8. The molecule has 0 unspecified atom stereocenters.